The van der Waals surface area contributed by atoms with Crippen molar-refractivity contribution in [3.05, 3.63) is 35.9 Å². The van der Waals surface area contributed by atoms with Crippen molar-refractivity contribution in [3.63, 3.8) is 0 Å². The number of aliphatic imine (C=N–C) groups is 1. The minimum Gasteiger partial charge on any atom is -0.381 e. The highest BCUT2D eigenvalue weighted by atomic mass is 127. The molecular weight excluding hydrogens is 413 g/mol. The highest BCUT2D eigenvalue weighted by molar-refractivity contribution is 14.0. The van der Waals surface area contributed by atoms with E-state index in [0.717, 1.165) is 45.1 Å². The Morgan fingerprint density at radius 3 is 2.46 bits per heavy atom. The molecule has 1 aromatic carbocycles. The van der Waals surface area contributed by atoms with Crippen LogP contribution in [0.5, 0.6) is 0 Å². The number of unbranched alkanes of at least 4 members (excludes halogenated alkanes) is 2. The molecule has 1 aromatic rings. The number of hydrogen-bond donors (Lipinski definition) is 2. The van der Waals surface area contributed by atoms with Crippen LogP contribution in [-0.2, 0) is 10.2 Å². The third kappa shape index (κ3) is 6.24. The number of nitrogens with zero attached hydrogens (tertiary/aromatic N) is 1. The van der Waals surface area contributed by atoms with Crippen LogP contribution in [0.4, 0.5) is 0 Å². The quantitative estimate of drug-likeness (QED) is 0.291. The summed E-state index contributed by atoms with van der Waals surface area (Å²) in [5, 5.41) is 6.96. The van der Waals surface area contributed by atoms with Gasteiger partial charge in [0, 0.05) is 38.8 Å². The number of rotatable bonds is 7. The van der Waals surface area contributed by atoms with E-state index in [9.17, 15) is 0 Å². The van der Waals surface area contributed by atoms with Gasteiger partial charge in [-0.15, -0.1) is 24.0 Å². The van der Waals surface area contributed by atoms with Crippen LogP contribution in [-0.4, -0.2) is 39.3 Å². The molecular formula is C19H32IN3O. The lowest BCUT2D eigenvalue weighted by atomic mass is 9.74. The van der Waals surface area contributed by atoms with Crippen molar-refractivity contribution in [1.29, 1.82) is 0 Å². The van der Waals surface area contributed by atoms with Crippen LogP contribution in [0, 0.1) is 0 Å². The van der Waals surface area contributed by atoms with Gasteiger partial charge in [0.25, 0.3) is 0 Å². The van der Waals surface area contributed by atoms with Crippen molar-refractivity contribution in [1.82, 2.24) is 10.6 Å². The van der Waals surface area contributed by atoms with Crippen LogP contribution in [0.1, 0.15) is 44.6 Å². The molecule has 1 saturated heterocycles. The number of guanidine groups is 1. The molecule has 0 aromatic heterocycles. The zero-order valence-corrected chi connectivity index (χ0v) is 17.3. The van der Waals surface area contributed by atoms with Gasteiger partial charge in [-0.1, -0.05) is 50.1 Å². The van der Waals surface area contributed by atoms with E-state index in [4.69, 9.17) is 4.74 Å². The highest BCUT2D eigenvalue weighted by Gasteiger charge is 2.34. The maximum atomic E-state index is 5.60. The van der Waals surface area contributed by atoms with Crippen molar-refractivity contribution in [2.75, 3.05) is 33.4 Å². The minimum atomic E-state index is 0. The molecule has 136 valence electrons. The van der Waals surface area contributed by atoms with Gasteiger partial charge >= 0.3 is 0 Å². The number of ether oxygens (including phenoxy) is 1. The van der Waals surface area contributed by atoms with E-state index in [0.29, 0.717) is 0 Å². The topological polar surface area (TPSA) is 45.7 Å². The van der Waals surface area contributed by atoms with Gasteiger partial charge in [-0.3, -0.25) is 4.99 Å². The van der Waals surface area contributed by atoms with Crippen molar-refractivity contribution in [3.8, 4) is 0 Å². The molecule has 1 fully saturated rings. The molecule has 0 aliphatic carbocycles. The molecule has 1 aliphatic heterocycles. The monoisotopic (exact) mass is 445 g/mol. The second-order valence-corrected chi connectivity index (χ2v) is 6.32. The fourth-order valence-electron chi connectivity index (χ4n) is 3.18. The summed E-state index contributed by atoms with van der Waals surface area (Å²) >= 11 is 0. The summed E-state index contributed by atoms with van der Waals surface area (Å²) in [7, 11) is 1.84. The lowest BCUT2D eigenvalue weighted by Crippen LogP contribution is -2.48. The van der Waals surface area contributed by atoms with Crippen LogP contribution in [0.15, 0.2) is 35.3 Å². The lowest BCUT2D eigenvalue weighted by molar-refractivity contribution is 0.0514. The molecule has 0 bridgehead atoms. The predicted octanol–water partition coefficient (Wildman–Crippen LogP) is 3.71. The summed E-state index contributed by atoms with van der Waals surface area (Å²) in [6.07, 6.45) is 5.79. The molecule has 2 rings (SSSR count). The van der Waals surface area contributed by atoms with Gasteiger partial charge in [-0.25, -0.2) is 0 Å². The molecule has 0 amide bonds. The zero-order chi connectivity index (χ0) is 16.4. The Labute approximate surface area is 163 Å². The molecule has 0 spiro atoms. The number of hydrogen-bond acceptors (Lipinski definition) is 2. The van der Waals surface area contributed by atoms with E-state index in [1.54, 1.807) is 0 Å². The molecule has 0 radical (unpaired) electrons. The van der Waals surface area contributed by atoms with E-state index in [-0.39, 0.29) is 29.4 Å². The maximum absolute atomic E-state index is 5.60. The summed E-state index contributed by atoms with van der Waals surface area (Å²) in [6.45, 7) is 5.77. The van der Waals surface area contributed by atoms with Crippen molar-refractivity contribution >= 4 is 29.9 Å². The molecule has 2 N–H and O–H groups in total. The van der Waals surface area contributed by atoms with Gasteiger partial charge in [0.1, 0.15) is 0 Å². The summed E-state index contributed by atoms with van der Waals surface area (Å²) in [5.74, 6) is 0.905. The number of halogens is 1. The van der Waals surface area contributed by atoms with Gasteiger partial charge < -0.3 is 15.4 Å². The van der Waals surface area contributed by atoms with Crippen LogP contribution in [0.2, 0.25) is 0 Å². The van der Waals surface area contributed by atoms with Crippen LogP contribution < -0.4 is 10.6 Å². The van der Waals surface area contributed by atoms with E-state index < -0.39 is 0 Å². The summed E-state index contributed by atoms with van der Waals surface area (Å²) in [6, 6.07) is 10.8. The van der Waals surface area contributed by atoms with Gasteiger partial charge in [0.15, 0.2) is 5.96 Å². The Kier molecular flexibility index (Phi) is 10.3. The van der Waals surface area contributed by atoms with E-state index in [1.165, 1.54) is 24.8 Å². The third-order valence-electron chi connectivity index (χ3n) is 4.73. The number of nitrogens with one attached hydrogen (secondary N) is 2. The van der Waals surface area contributed by atoms with Crippen LogP contribution >= 0.6 is 24.0 Å². The molecule has 1 heterocycles. The van der Waals surface area contributed by atoms with Crippen molar-refractivity contribution in [2.24, 2.45) is 4.99 Å². The Morgan fingerprint density at radius 1 is 1.12 bits per heavy atom. The zero-order valence-electron chi connectivity index (χ0n) is 15.0. The van der Waals surface area contributed by atoms with E-state index >= 15 is 0 Å². The Bertz CT molecular complexity index is 473. The molecule has 1 aliphatic rings. The average Bonchev–Trinajstić information content (AvgIpc) is 2.63. The maximum Gasteiger partial charge on any atom is 0.191 e. The minimum absolute atomic E-state index is 0. The molecule has 0 atom stereocenters. The summed E-state index contributed by atoms with van der Waals surface area (Å²) in [4.78, 5) is 4.36. The molecule has 0 saturated carbocycles. The standard InChI is InChI=1S/C19H31N3O.HI/c1-3-4-8-13-21-18(20-2)22-16-19(11-14-23-15-12-19)17-9-6-5-7-10-17;/h5-7,9-10H,3-4,8,11-16H2,1-2H3,(H2,20,21,22);1H. The fourth-order valence-corrected chi connectivity index (χ4v) is 3.18. The van der Waals surface area contributed by atoms with Gasteiger partial charge in [0.2, 0.25) is 0 Å². The van der Waals surface area contributed by atoms with Gasteiger partial charge in [-0.05, 0) is 24.8 Å². The smallest absolute Gasteiger partial charge is 0.191 e. The second kappa shape index (κ2) is 11.7. The first kappa shape index (κ1) is 21.2. The Balaban J connectivity index is 0.00000288. The summed E-state index contributed by atoms with van der Waals surface area (Å²) in [5.41, 5.74) is 1.54. The van der Waals surface area contributed by atoms with Crippen molar-refractivity contribution in [2.45, 2.75) is 44.4 Å². The first-order chi connectivity index (χ1) is 11.3. The largest absolute Gasteiger partial charge is 0.381 e. The molecule has 4 nitrogen and oxygen atoms in total. The lowest BCUT2D eigenvalue weighted by Gasteiger charge is -2.38. The first-order valence-electron chi connectivity index (χ1n) is 8.88. The van der Waals surface area contributed by atoms with E-state index in [1.807, 2.05) is 7.05 Å². The third-order valence-corrected chi connectivity index (χ3v) is 4.73. The molecule has 24 heavy (non-hydrogen) atoms. The predicted molar refractivity (Wildman–Crippen MR) is 112 cm³/mol. The van der Waals surface area contributed by atoms with Gasteiger partial charge in [-0.2, -0.15) is 0 Å². The Morgan fingerprint density at radius 2 is 1.83 bits per heavy atom. The summed E-state index contributed by atoms with van der Waals surface area (Å²) < 4.78 is 5.60. The second-order valence-electron chi connectivity index (χ2n) is 6.32. The first-order valence-corrected chi connectivity index (χ1v) is 8.88. The van der Waals surface area contributed by atoms with E-state index in [2.05, 4.69) is 52.9 Å². The Hall–Kier alpha value is -0.820. The SMILES string of the molecule is CCCCCNC(=NC)NCC1(c2ccccc2)CCOCC1.I. The number of benzene rings is 1. The van der Waals surface area contributed by atoms with Gasteiger partial charge in [0.05, 0.1) is 0 Å². The normalized spacial score (nSPS) is 17.0. The average molecular weight is 445 g/mol. The van der Waals surface area contributed by atoms with Crippen molar-refractivity contribution < 1.29 is 4.74 Å². The fraction of sp³-hybridized carbons (Fsp3) is 0.632. The highest BCUT2D eigenvalue weighted by Crippen LogP contribution is 2.34. The molecule has 5 heteroatoms. The molecule has 0 unspecified atom stereocenters. The van der Waals surface area contributed by atoms with Crippen LogP contribution in [0.3, 0.4) is 0 Å². The van der Waals surface area contributed by atoms with Crippen LogP contribution in [0.25, 0.3) is 0 Å².